The van der Waals surface area contributed by atoms with Gasteiger partial charge >= 0.3 is 35.5 Å². The van der Waals surface area contributed by atoms with E-state index >= 15 is 0 Å². The first kappa shape index (κ1) is 17.9. The second-order valence-electron chi connectivity index (χ2n) is 4.16. The van der Waals surface area contributed by atoms with E-state index in [-0.39, 0.29) is 40.2 Å². The molecule has 0 atom stereocenters. The third kappa shape index (κ3) is 4.66. The number of hydrogen-bond donors (Lipinski definition) is 1. The van der Waals surface area contributed by atoms with Crippen molar-refractivity contribution in [2.75, 3.05) is 0 Å². The van der Waals surface area contributed by atoms with Crippen molar-refractivity contribution < 1.29 is 22.5 Å². The normalized spacial score (nSPS) is 10.6. The van der Waals surface area contributed by atoms with Crippen LogP contribution in [0.25, 0.3) is 0 Å². The Balaban J connectivity index is 0.00000220. The van der Waals surface area contributed by atoms with Crippen molar-refractivity contribution in [1.82, 2.24) is 0 Å². The third-order valence-corrected chi connectivity index (χ3v) is 3.52. The van der Waals surface area contributed by atoms with Crippen LogP contribution in [0.1, 0.15) is 15.9 Å². The van der Waals surface area contributed by atoms with Gasteiger partial charge in [-0.2, -0.15) is 8.42 Å². The molecule has 0 radical (unpaired) electrons. The first-order valence-corrected chi connectivity index (χ1v) is 7.17. The van der Waals surface area contributed by atoms with Gasteiger partial charge in [-0.3, -0.25) is 4.55 Å². The van der Waals surface area contributed by atoms with E-state index in [2.05, 4.69) is 0 Å². The summed E-state index contributed by atoms with van der Waals surface area (Å²) < 4.78 is 36.3. The first-order chi connectivity index (χ1) is 9.38. The van der Waals surface area contributed by atoms with E-state index in [4.69, 9.17) is 9.29 Å². The molecule has 0 amide bonds. The van der Waals surface area contributed by atoms with Crippen LogP contribution >= 0.6 is 0 Å². The molecule has 0 spiro atoms. The Labute approximate surface area is 145 Å². The van der Waals surface area contributed by atoms with Crippen LogP contribution in [0.2, 0.25) is 0 Å². The number of benzene rings is 2. The summed E-state index contributed by atoms with van der Waals surface area (Å²) in [6.45, 7) is 1.67. The number of ether oxygens (including phenoxy) is 1. The molecule has 0 aromatic heterocycles. The number of carbonyl (C=O) groups is 1. The van der Waals surface area contributed by atoms with Gasteiger partial charge in [0.05, 0.1) is 10.5 Å². The van der Waals surface area contributed by atoms with Crippen LogP contribution in [-0.2, 0) is 10.1 Å². The third-order valence-electron chi connectivity index (χ3n) is 2.67. The average molecular weight is 316 g/mol. The standard InChI is InChI=1S/C14H12O5S.Na.H/c1-10-7-8-12(20(16,17)18)9-13(10)19-14(15)11-5-3-2-4-6-11;;/h2-9H,1H3,(H,16,17,18);;. The summed E-state index contributed by atoms with van der Waals surface area (Å²) in [5.74, 6) is -0.504. The van der Waals surface area contributed by atoms with E-state index in [9.17, 15) is 13.2 Å². The van der Waals surface area contributed by atoms with Crippen LogP contribution in [0.3, 0.4) is 0 Å². The minimum atomic E-state index is -4.33. The maximum absolute atomic E-state index is 11.9. The molecule has 0 heterocycles. The first-order valence-electron chi connectivity index (χ1n) is 5.73. The molecule has 106 valence electrons. The zero-order chi connectivity index (χ0) is 14.8. The summed E-state index contributed by atoms with van der Waals surface area (Å²) in [6, 6.07) is 12.1. The molecule has 0 unspecified atom stereocenters. The fourth-order valence-corrected chi connectivity index (χ4v) is 2.08. The van der Waals surface area contributed by atoms with E-state index in [0.29, 0.717) is 11.1 Å². The maximum atomic E-state index is 11.9. The van der Waals surface area contributed by atoms with E-state index in [1.54, 1.807) is 37.3 Å². The van der Waals surface area contributed by atoms with E-state index in [1.165, 1.54) is 12.1 Å². The minimum absolute atomic E-state index is 0. The Hall–Kier alpha value is -1.18. The predicted octanol–water partition coefficient (Wildman–Crippen LogP) is 1.81. The fraction of sp³-hybridized carbons (Fsp3) is 0.0714. The molecule has 0 aliphatic heterocycles. The summed E-state index contributed by atoms with van der Waals surface area (Å²) in [5, 5.41) is 0. The number of rotatable bonds is 3. The summed E-state index contributed by atoms with van der Waals surface area (Å²) in [6.07, 6.45) is 0. The Morgan fingerprint density at radius 1 is 1.10 bits per heavy atom. The van der Waals surface area contributed by atoms with Gasteiger partial charge in [-0.15, -0.1) is 0 Å². The van der Waals surface area contributed by atoms with Crippen molar-refractivity contribution in [1.29, 1.82) is 0 Å². The van der Waals surface area contributed by atoms with Gasteiger partial charge in [0.2, 0.25) is 0 Å². The molecule has 0 fully saturated rings. The molecule has 0 saturated carbocycles. The summed E-state index contributed by atoms with van der Waals surface area (Å²) in [4.78, 5) is 11.6. The quantitative estimate of drug-likeness (QED) is 0.404. The van der Waals surface area contributed by atoms with E-state index < -0.39 is 16.1 Å². The number of hydrogen-bond acceptors (Lipinski definition) is 4. The fourth-order valence-electron chi connectivity index (χ4n) is 1.58. The van der Waals surface area contributed by atoms with Crippen LogP contribution in [0.15, 0.2) is 53.4 Å². The predicted molar refractivity (Wildman–Crippen MR) is 79.5 cm³/mol. The molecule has 1 N–H and O–H groups in total. The average Bonchev–Trinajstić information content (AvgIpc) is 2.41. The van der Waals surface area contributed by atoms with Gasteiger partial charge < -0.3 is 4.74 Å². The van der Waals surface area contributed by atoms with Crippen LogP contribution in [0.4, 0.5) is 0 Å². The number of esters is 1. The molecule has 0 aliphatic carbocycles. The molecule has 2 aromatic carbocycles. The molecular weight excluding hydrogens is 303 g/mol. The number of carbonyl (C=O) groups excluding carboxylic acids is 1. The number of aryl methyl sites for hydroxylation is 1. The molecule has 0 bridgehead atoms. The Morgan fingerprint density at radius 3 is 2.29 bits per heavy atom. The van der Waals surface area contributed by atoms with Gasteiger partial charge in [0.25, 0.3) is 10.1 Å². The van der Waals surface area contributed by atoms with Gasteiger partial charge in [-0.1, -0.05) is 24.3 Å². The zero-order valence-electron chi connectivity index (χ0n) is 10.6. The second-order valence-corrected chi connectivity index (χ2v) is 5.58. The molecular formula is C14H13NaO5S. The molecule has 0 saturated heterocycles. The van der Waals surface area contributed by atoms with Crippen molar-refractivity contribution in [3.8, 4) is 5.75 Å². The van der Waals surface area contributed by atoms with Crippen molar-refractivity contribution in [2.24, 2.45) is 0 Å². The molecule has 0 aliphatic rings. The van der Waals surface area contributed by atoms with Crippen LogP contribution in [0.5, 0.6) is 5.75 Å². The monoisotopic (exact) mass is 316 g/mol. The molecule has 2 aromatic rings. The Morgan fingerprint density at radius 2 is 1.71 bits per heavy atom. The molecule has 21 heavy (non-hydrogen) atoms. The summed E-state index contributed by atoms with van der Waals surface area (Å²) in [5.41, 5.74) is 0.936. The topological polar surface area (TPSA) is 80.7 Å². The van der Waals surface area contributed by atoms with Gasteiger partial charge in [-0.25, -0.2) is 4.79 Å². The summed E-state index contributed by atoms with van der Waals surface area (Å²) >= 11 is 0. The Bertz CT molecular complexity index is 741. The molecule has 2 rings (SSSR count). The van der Waals surface area contributed by atoms with Crippen molar-refractivity contribution in [3.05, 3.63) is 59.7 Å². The van der Waals surface area contributed by atoms with Crippen LogP contribution in [0, 0.1) is 6.92 Å². The van der Waals surface area contributed by atoms with Gasteiger partial charge in [0.15, 0.2) is 0 Å². The van der Waals surface area contributed by atoms with Gasteiger partial charge in [0, 0.05) is 6.07 Å². The van der Waals surface area contributed by atoms with E-state index in [0.717, 1.165) is 6.07 Å². The van der Waals surface area contributed by atoms with Crippen molar-refractivity contribution in [3.63, 3.8) is 0 Å². The zero-order valence-corrected chi connectivity index (χ0v) is 11.4. The van der Waals surface area contributed by atoms with E-state index in [1.807, 2.05) is 0 Å². The molecule has 7 heteroatoms. The molecule has 5 nitrogen and oxygen atoms in total. The van der Waals surface area contributed by atoms with Crippen molar-refractivity contribution >= 4 is 45.6 Å². The van der Waals surface area contributed by atoms with Gasteiger partial charge in [0.1, 0.15) is 5.75 Å². The van der Waals surface area contributed by atoms with Crippen LogP contribution < -0.4 is 4.74 Å². The van der Waals surface area contributed by atoms with Crippen LogP contribution in [-0.4, -0.2) is 48.5 Å². The van der Waals surface area contributed by atoms with Crippen molar-refractivity contribution in [2.45, 2.75) is 11.8 Å². The van der Waals surface area contributed by atoms with Gasteiger partial charge in [-0.05, 0) is 30.7 Å². The second kappa shape index (κ2) is 7.20. The summed E-state index contributed by atoms with van der Waals surface area (Å²) in [7, 11) is -4.33. The Kier molecular flexibility index (Phi) is 6.12. The SMILES string of the molecule is Cc1ccc(S(=O)(=O)O)cc1OC(=O)c1ccccc1.[NaH].